The Morgan fingerprint density at radius 1 is 1.00 bits per heavy atom. The van der Waals surface area contributed by atoms with Gasteiger partial charge >= 0.3 is 5.97 Å². The predicted octanol–water partition coefficient (Wildman–Crippen LogP) is 5.88. The van der Waals surface area contributed by atoms with E-state index in [1.807, 2.05) is 18.2 Å². The summed E-state index contributed by atoms with van der Waals surface area (Å²) >= 11 is 0. The summed E-state index contributed by atoms with van der Waals surface area (Å²) in [5.74, 6) is 0.437. The molecule has 150 valence electrons. The first kappa shape index (κ1) is 21.5. The van der Waals surface area contributed by atoms with Crippen molar-refractivity contribution < 1.29 is 19.4 Å². The summed E-state index contributed by atoms with van der Waals surface area (Å²) in [6.07, 6.45) is 9.04. The van der Waals surface area contributed by atoms with Crippen LogP contribution in [-0.4, -0.2) is 31.0 Å². The second kappa shape index (κ2) is 11.8. The van der Waals surface area contributed by atoms with Gasteiger partial charge in [-0.25, -0.2) is 4.79 Å². The molecule has 0 aliphatic rings. The van der Waals surface area contributed by atoms with Crippen molar-refractivity contribution in [2.45, 2.75) is 45.4 Å². The number of rotatable bonds is 12. The maximum atomic E-state index is 10.9. The van der Waals surface area contributed by atoms with E-state index in [0.29, 0.717) is 12.4 Å². The number of carbonyl (C=O) groups is 1. The SMILES string of the molecule is CCCCCCCCOc1ccc(N=Cc2ccc(C(=O)O)cc2)cc1OC. The smallest absolute Gasteiger partial charge is 0.335 e. The summed E-state index contributed by atoms with van der Waals surface area (Å²) in [5.41, 5.74) is 1.82. The number of hydrogen-bond acceptors (Lipinski definition) is 4. The van der Waals surface area contributed by atoms with Gasteiger partial charge < -0.3 is 14.6 Å². The zero-order valence-electron chi connectivity index (χ0n) is 16.7. The Morgan fingerprint density at radius 3 is 2.39 bits per heavy atom. The molecule has 0 aromatic heterocycles. The van der Waals surface area contributed by atoms with E-state index < -0.39 is 5.97 Å². The van der Waals surface area contributed by atoms with Gasteiger partial charge in [0.2, 0.25) is 0 Å². The quantitative estimate of drug-likeness (QED) is 0.367. The van der Waals surface area contributed by atoms with Crippen LogP contribution in [-0.2, 0) is 0 Å². The maximum absolute atomic E-state index is 10.9. The summed E-state index contributed by atoms with van der Waals surface area (Å²) in [7, 11) is 1.62. The van der Waals surface area contributed by atoms with Crippen molar-refractivity contribution in [3.63, 3.8) is 0 Å². The molecule has 0 radical (unpaired) electrons. The maximum Gasteiger partial charge on any atom is 0.335 e. The molecule has 0 aliphatic carbocycles. The topological polar surface area (TPSA) is 68.1 Å². The standard InChI is InChI=1S/C23H29NO4/c1-3-4-5-6-7-8-15-28-21-14-13-20(16-22(21)27-2)24-17-18-9-11-19(12-10-18)23(25)26/h9-14,16-17H,3-8,15H2,1-2H3,(H,25,26). The van der Waals surface area contributed by atoms with Gasteiger partial charge in [0.05, 0.1) is 25.0 Å². The molecule has 0 heterocycles. The summed E-state index contributed by atoms with van der Waals surface area (Å²) < 4.78 is 11.3. The van der Waals surface area contributed by atoms with Crippen LogP contribution >= 0.6 is 0 Å². The lowest BCUT2D eigenvalue weighted by atomic mass is 10.1. The minimum Gasteiger partial charge on any atom is -0.493 e. The first-order chi connectivity index (χ1) is 13.6. The van der Waals surface area contributed by atoms with Gasteiger partial charge in [-0.3, -0.25) is 4.99 Å². The molecule has 0 aliphatic heterocycles. The third kappa shape index (κ3) is 7.06. The molecule has 1 N–H and O–H groups in total. The number of ether oxygens (including phenoxy) is 2. The van der Waals surface area contributed by atoms with Crippen LogP contribution in [0.4, 0.5) is 5.69 Å². The first-order valence-corrected chi connectivity index (χ1v) is 9.82. The lowest BCUT2D eigenvalue weighted by Crippen LogP contribution is -1.99. The molecule has 0 fully saturated rings. The minimum absolute atomic E-state index is 0.255. The van der Waals surface area contributed by atoms with Crippen molar-refractivity contribution in [3.8, 4) is 11.5 Å². The van der Waals surface area contributed by atoms with Crippen molar-refractivity contribution in [3.05, 3.63) is 53.6 Å². The van der Waals surface area contributed by atoms with E-state index in [-0.39, 0.29) is 5.56 Å². The van der Waals surface area contributed by atoms with Gasteiger partial charge in [-0.15, -0.1) is 0 Å². The van der Waals surface area contributed by atoms with Gasteiger partial charge in [0.25, 0.3) is 0 Å². The second-order valence-electron chi connectivity index (χ2n) is 6.64. The fourth-order valence-electron chi connectivity index (χ4n) is 2.78. The zero-order chi connectivity index (χ0) is 20.2. The molecule has 28 heavy (non-hydrogen) atoms. The third-order valence-electron chi connectivity index (χ3n) is 4.42. The highest BCUT2D eigenvalue weighted by atomic mass is 16.5. The minimum atomic E-state index is -0.940. The summed E-state index contributed by atoms with van der Waals surface area (Å²) in [5, 5.41) is 8.93. The number of carboxylic acid groups (broad SMARTS) is 1. The number of carboxylic acids is 1. The van der Waals surface area contributed by atoms with Crippen molar-refractivity contribution in [2.24, 2.45) is 4.99 Å². The fourth-order valence-corrected chi connectivity index (χ4v) is 2.78. The molecule has 0 spiro atoms. The van der Waals surface area contributed by atoms with E-state index >= 15 is 0 Å². The fraction of sp³-hybridized carbons (Fsp3) is 0.391. The Kier molecular flexibility index (Phi) is 9.05. The van der Waals surface area contributed by atoms with E-state index in [1.54, 1.807) is 37.6 Å². The Bertz CT molecular complexity index is 769. The Labute approximate surface area is 167 Å². The second-order valence-corrected chi connectivity index (χ2v) is 6.64. The first-order valence-electron chi connectivity index (χ1n) is 9.82. The molecule has 0 bridgehead atoms. The Balaban J connectivity index is 1.90. The number of benzene rings is 2. The molecule has 2 rings (SSSR count). The zero-order valence-corrected chi connectivity index (χ0v) is 16.7. The molecule has 0 saturated carbocycles. The van der Waals surface area contributed by atoms with Crippen molar-refractivity contribution in [1.29, 1.82) is 0 Å². The van der Waals surface area contributed by atoms with Crippen LogP contribution in [0.15, 0.2) is 47.5 Å². The number of hydrogen-bond donors (Lipinski definition) is 1. The van der Waals surface area contributed by atoms with Gasteiger partial charge in [0.15, 0.2) is 11.5 Å². The number of methoxy groups -OCH3 is 1. The van der Waals surface area contributed by atoms with Crippen molar-refractivity contribution in [1.82, 2.24) is 0 Å². The molecular weight excluding hydrogens is 354 g/mol. The van der Waals surface area contributed by atoms with Crippen LogP contribution in [0.25, 0.3) is 0 Å². The highest BCUT2D eigenvalue weighted by molar-refractivity contribution is 5.89. The van der Waals surface area contributed by atoms with Crippen molar-refractivity contribution >= 4 is 17.9 Å². The molecule has 2 aromatic rings. The van der Waals surface area contributed by atoms with Crippen LogP contribution < -0.4 is 9.47 Å². The van der Waals surface area contributed by atoms with Crippen LogP contribution in [0.1, 0.15) is 61.4 Å². The lowest BCUT2D eigenvalue weighted by molar-refractivity contribution is 0.0697. The van der Waals surface area contributed by atoms with Crippen LogP contribution in [0.2, 0.25) is 0 Å². The number of nitrogens with zero attached hydrogens (tertiary/aromatic N) is 1. The number of unbranched alkanes of at least 4 members (excludes halogenated alkanes) is 5. The van der Waals surface area contributed by atoms with Gasteiger partial charge in [0.1, 0.15) is 0 Å². The molecule has 0 saturated heterocycles. The molecule has 0 unspecified atom stereocenters. The molecule has 5 heteroatoms. The Hall–Kier alpha value is -2.82. The van der Waals surface area contributed by atoms with Crippen molar-refractivity contribution in [2.75, 3.05) is 13.7 Å². The van der Waals surface area contributed by atoms with E-state index in [4.69, 9.17) is 14.6 Å². The van der Waals surface area contributed by atoms with E-state index in [2.05, 4.69) is 11.9 Å². The monoisotopic (exact) mass is 383 g/mol. The molecule has 2 aromatic carbocycles. The van der Waals surface area contributed by atoms with Crippen LogP contribution in [0, 0.1) is 0 Å². The van der Waals surface area contributed by atoms with E-state index in [0.717, 1.165) is 23.4 Å². The summed E-state index contributed by atoms with van der Waals surface area (Å²) in [6, 6.07) is 12.1. The highest BCUT2D eigenvalue weighted by Gasteiger charge is 2.06. The number of aliphatic imine (C=N–C) groups is 1. The average Bonchev–Trinajstić information content (AvgIpc) is 2.72. The largest absolute Gasteiger partial charge is 0.493 e. The number of aromatic carboxylic acids is 1. The van der Waals surface area contributed by atoms with Gasteiger partial charge in [-0.05, 0) is 36.2 Å². The van der Waals surface area contributed by atoms with E-state index in [1.165, 1.54) is 32.1 Å². The van der Waals surface area contributed by atoms with Gasteiger partial charge in [-0.2, -0.15) is 0 Å². The van der Waals surface area contributed by atoms with E-state index in [9.17, 15) is 4.79 Å². The van der Waals surface area contributed by atoms with Crippen LogP contribution in [0.5, 0.6) is 11.5 Å². The average molecular weight is 383 g/mol. The molecule has 0 amide bonds. The molecule has 0 atom stereocenters. The Morgan fingerprint density at radius 2 is 1.71 bits per heavy atom. The molecule has 5 nitrogen and oxygen atoms in total. The highest BCUT2D eigenvalue weighted by Crippen LogP contribution is 2.31. The van der Waals surface area contributed by atoms with Gasteiger partial charge in [0, 0.05) is 12.3 Å². The van der Waals surface area contributed by atoms with Crippen LogP contribution in [0.3, 0.4) is 0 Å². The summed E-state index contributed by atoms with van der Waals surface area (Å²) in [4.78, 5) is 15.3. The normalized spacial score (nSPS) is 10.9. The van der Waals surface area contributed by atoms with Gasteiger partial charge in [-0.1, -0.05) is 51.2 Å². The third-order valence-corrected chi connectivity index (χ3v) is 4.42. The predicted molar refractivity (Wildman–Crippen MR) is 113 cm³/mol. The lowest BCUT2D eigenvalue weighted by Gasteiger charge is -2.11. The summed E-state index contributed by atoms with van der Waals surface area (Å²) in [6.45, 7) is 2.90. The molecular formula is C23H29NO4.